The molecule has 2 aromatic carbocycles. The maximum Gasteiger partial charge on any atom is 0.413 e. The van der Waals surface area contributed by atoms with E-state index >= 15 is 0 Å². The number of nitrogens with one attached hydrogen (secondary N) is 1. The van der Waals surface area contributed by atoms with Crippen LogP contribution in [-0.4, -0.2) is 37.8 Å². The number of aromatic nitrogens is 1. The van der Waals surface area contributed by atoms with E-state index in [2.05, 4.69) is 5.32 Å². The standard InChI is InChI=1S/C23H25N3O4/c1-15-13-21(16(2)26(15)19-7-6-8-20(14-19)29-4)22(27)24-17-9-11-18(12-10-17)25(3)23(28)30-5/h6-14H,1-5H3,(H,24,27). The molecule has 0 spiro atoms. The lowest BCUT2D eigenvalue weighted by molar-refractivity contribution is 0.102. The second kappa shape index (κ2) is 8.73. The zero-order valence-corrected chi connectivity index (χ0v) is 17.7. The van der Waals surface area contributed by atoms with Gasteiger partial charge >= 0.3 is 6.09 Å². The van der Waals surface area contributed by atoms with E-state index in [1.807, 2.05) is 48.7 Å². The van der Waals surface area contributed by atoms with Crippen molar-refractivity contribution in [1.82, 2.24) is 4.57 Å². The topological polar surface area (TPSA) is 72.8 Å². The Balaban J connectivity index is 1.82. The summed E-state index contributed by atoms with van der Waals surface area (Å²) in [5.74, 6) is 0.550. The second-order valence-corrected chi connectivity index (χ2v) is 6.85. The number of hydrogen-bond acceptors (Lipinski definition) is 4. The minimum Gasteiger partial charge on any atom is -0.497 e. The number of aryl methyl sites for hydroxylation is 1. The SMILES string of the molecule is COC(=O)N(C)c1ccc(NC(=O)c2cc(C)n(-c3cccc(OC)c3)c2C)cc1. The molecule has 7 nitrogen and oxygen atoms in total. The molecule has 0 aliphatic carbocycles. The van der Waals surface area contributed by atoms with E-state index < -0.39 is 6.09 Å². The molecule has 3 rings (SSSR count). The van der Waals surface area contributed by atoms with Gasteiger partial charge in [0.2, 0.25) is 0 Å². The summed E-state index contributed by atoms with van der Waals surface area (Å²) in [6.45, 7) is 3.87. The Kier molecular flexibility index (Phi) is 6.11. The van der Waals surface area contributed by atoms with E-state index in [-0.39, 0.29) is 5.91 Å². The van der Waals surface area contributed by atoms with Gasteiger partial charge < -0.3 is 19.4 Å². The second-order valence-electron chi connectivity index (χ2n) is 6.85. The van der Waals surface area contributed by atoms with Crippen molar-refractivity contribution in [3.05, 3.63) is 71.5 Å². The number of hydrogen-bond donors (Lipinski definition) is 1. The molecule has 0 bridgehead atoms. The van der Waals surface area contributed by atoms with Crippen molar-refractivity contribution in [2.45, 2.75) is 13.8 Å². The highest BCUT2D eigenvalue weighted by Gasteiger charge is 2.17. The summed E-state index contributed by atoms with van der Waals surface area (Å²) >= 11 is 0. The number of carbonyl (C=O) groups is 2. The van der Waals surface area contributed by atoms with Gasteiger partial charge in [0.05, 0.1) is 19.8 Å². The molecule has 1 aromatic heterocycles. The largest absolute Gasteiger partial charge is 0.497 e. The summed E-state index contributed by atoms with van der Waals surface area (Å²) < 4.78 is 12.0. The van der Waals surface area contributed by atoms with Gasteiger partial charge in [-0.15, -0.1) is 0 Å². The van der Waals surface area contributed by atoms with Crippen LogP contribution in [0.4, 0.5) is 16.2 Å². The van der Waals surface area contributed by atoms with Crippen LogP contribution in [0, 0.1) is 13.8 Å². The van der Waals surface area contributed by atoms with Crippen LogP contribution >= 0.6 is 0 Å². The van der Waals surface area contributed by atoms with Crippen LogP contribution in [0.5, 0.6) is 5.75 Å². The number of amides is 2. The third-order valence-corrected chi connectivity index (χ3v) is 4.95. The monoisotopic (exact) mass is 407 g/mol. The van der Waals surface area contributed by atoms with E-state index in [9.17, 15) is 9.59 Å². The Morgan fingerprint density at radius 1 is 1.00 bits per heavy atom. The number of rotatable bonds is 5. The maximum absolute atomic E-state index is 12.9. The highest BCUT2D eigenvalue weighted by molar-refractivity contribution is 6.05. The first-order chi connectivity index (χ1) is 14.3. The van der Waals surface area contributed by atoms with E-state index in [0.29, 0.717) is 16.9 Å². The van der Waals surface area contributed by atoms with Crippen molar-refractivity contribution >= 4 is 23.4 Å². The summed E-state index contributed by atoms with van der Waals surface area (Å²) in [6.07, 6.45) is -0.461. The van der Waals surface area contributed by atoms with Gasteiger partial charge in [0, 0.05) is 41.6 Å². The van der Waals surface area contributed by atoms with Crippen molar-refractivity contribution in [2.24, 2.45) is 0 Å². The van der Waals surface area contributed by atoms with Crippen LogP contribution in [0.25, 0.3) is 5.69 Å². The van der Waals surface area contributed by atoms with Crippen molar-refractivity contribution in [2.75, 3.05) is 31.5 Å². The molecular formula is C23H25N3O4. The molecule has 156 valence electrons. The molecule has 2 amide bonds. The van der Waals surface area contributed by atoms with Gasteiger partial charge in [0.25, 0.3) is 5.91 Å². The highest BCUT2D eigenvalue weighted by Crippen LogP contribution is 2.25. The minimum absolute atomic E-state index is 0.202. The predicted octanol–water partition coefficient (Wildman–Crippen LogP) is 4.56. The first-order valence-electron chi connectivity index (χ1n) is 9.42. The quantitative estimate of drug-likeness (QED) is 0.673. The molecule has 3 aromatic rings. The first-order valence-corrected chi connectivity index (χ1v) is 9.42. The predicted molar refractivity (Wildman–Crippen MR) is 117 cm³/mol. The fourth-order valence-electron chi connectivity index (χ4n) is 3.35. The highest BCUT2D eigenvalue weighted by atomic mass is 16.5. The Bertz CT molecular complexity index is 1070. The molecule has 1 heterocycles. The molecule has 0 unspecified atom stereocenters. The fraction of sp³-hybridized carbons (Fsp3) is 0.217. The number of anilines is 2. The van der Waals surface area contributed by atoms with E-state index in [1.165, 1.54) is 12.0 Å². The molecule has 0 fully saturated rings. The van der Waals surface area contributed by atoms with Crippen molar-refractivity contribution in [3.8, 4) is 11.4 Å². The molecular weight excluding hydrogens is 382 g/mol. The van der Waals surface area contributed by atoms with Gasteiger partial charge in [-0.1, -0.05) is 6.07 Å². The lowest BCUT2D eigenvalue weighted by Crippen LogP contribution is -2.25. The molecule has 0 aliphatic heterocycles. The van der Waals surface area contributed by atoms with Gasteiger partial charge in [-0.05, 0) is 56.3 Å². The Morgan fingerprint density at radius 3 is 2.33 bits per heavy atom. The lowest BCUT2D eigenvalue weighted by atomic mass is 10.2. The Morgan fingerprint density at radius 2 is 1.70 bits per heavy atom. The normalized spacial score (nSPS) is 10.4. The van der Waals surface area contributed by atoms with Gasteiger partial charge in [-0.25, -0.2) is 4.79 Å². The van der Waals surface area contributed by atoms with Crippen LogP contribution in [-0.2, 0) is 4.74 Å². The number of nitrogens with zero attached hydrogens (tertiary/aromatic N) is 2. The van der Waals surface area contributed by atoms with Gasteiger partial charge in [0.15, 0.2) is 0 Å². The number of carbonyl (C=O) groups excluding carboxylic acids is 2. The van der Waals surface area contributed by atoms with Gasteiger partial charge in [-0.3, -0.25) is 9.69 Å². The number of ether oxygens (including phenoxy) is 2. The average molecular weight is 407 g/mol. The van der Waals surface area contributed by atoms with Crippen molar-refractivity contribution in [1.29, 1.82) is 0 Å². The summed E-state index contributed by atoms with van der Waals surface area (Å²) in [5.41, 5.74) is 4.59. The fourth-order valence-corrected chi connectivity index (χ4v) is 3.35. The number of methoxy groups -OCH3 is 2. The third kappa shape index (κ3) is 4.15. The molecule has 0 saturated carbocycles. The molecule has 7 heteroatoms. The van der Waals surface area contributed by atoms with Crippen molar-refractivity contribution in [3.63, 3.8) is 0 Å². The number of benzene rings is 2. The van der Waals surface area contributed by atoms with E-state index in [4.69, 9.17) is 9.47 Å². The molecule has 0 atom stereocenters. The van der Waals surface area contributed by atoms with Crippen LogP contribution < -0.4 is 15.0 Å². The summed E-state index contributed by atoms with van der Waals surface area (Å²) in [7, 11) is 4.57. The average Bonchev–Trinajstić information content (AvgIpc) is 3.07. The summed E-state index contributed by atoms with van der Waals surface area (Å²) in [4.78, 5) is 25.9. The summed E-state index contributed by atoms with van der Waals surface area (Å²) in [5, 5.41) is 2.91. The van der Waals surface area contributed by atoms with Crippen LogP contribution in [0.1, 0.15) is 21.7 Å². The first kappa shape index (κ1) is 21.0. The molecule has 0 aliphatic rings. The smallest absolute Gasteiger partial charge is 0.413 e. The summed E-state index contributed by atoms with van der Waals surface area (Å²) in [6, 6.07) is 16.5. The van der Waals surface area contributed by atoms with Crippen LogP contribution in [0.2, 0.25) is 0 Å². The molecule has 30 heavy (non-hydrogen) atoms. The van der Waals surface area contributed by atoms with E-state index in [0.717, 1.165) is 22.8 Å². The van der Waals surface area contributed by atoms with Crippen molar-refractivity contribution < 1.29 is 19.1 Å². The van der Waals surface area contributed by atoms with E-state index in [1.54, 1.807) is 38.4 Å². The molecule has 1 N–H and O–H groups in total. The van der Waals surface area contributed by atoms with Gasteiger partial charge in [-0.2, -0.15) is 0 Å². The molecule has 0 saturated heterocycles. The van der Waals surface area contributed by atoms with Crippen LogP contribution in [0.3, 0.4) is 0 Å². The minimum atomic E-state index is -0.461. The maximum atomic E-state index is 12.9. The van der Waals surface area contributed by atoms with Crippen LogP contribution in [0.15, 0.2) is 54.6 Å². The molecule has 0 radical (unpaired) electrons. The van der Waals surface area contributed by atoms with Gasteiger partial charge in [0.1, 0.15) is 5.75 Å². The Labute approximate surface area is 175 Å². The third-order valence-electron chi connectivity index (χ3n) is 4.95. The zero-order valence-electron chi connectivity index (χ0n) is 17.7. The lowest BCUT2D eigenvalue weighted by Gasteiger charge is -2.16. The zero-order chi connectivity index (χ0) is 21.8. The Hall–Kier alpha value is -3.74.